The highest BCUT2D eigenvalue weighted by molar-refractivity contribution is 7.99. The Balaban J connectivity index is 1.73. The molecule has 0 saturated carbocycles. The molecule has 9 heteroatoms. The molecule has 0 fully saturated rings. The Kier molecular flexibility index (Phi) is 7.35. The van der Waals surface area contributed by atoms with Crippen LogP contribution in [0.3, 0.4) is 0 Å². The second-order valence-electron chi connectivity index (χ2n) is 8.20. The van der Waals surface area contributed by atoms with Gasteiger partial charge in [-0.25, -0.2) is 0 Å². The number of hydrogen-bond acceptors (Lipinski definition) is 4. The van der Waals surface area contributed by atoms with Crippen LogP contribution < -0.4 is 5.73 Å². The van der Waals surface area contributed by atoms with Crippen molar-refractivity contribution in [2.45, 2.75) is 36.3 Å². The summed E-state index contributed by atoms with van der Waals surface area (Å²) in [5, 5.41) is 4.86. The number of hydrogen-bond donors (Lipinski definition) is 1. The van der Waals surface area contributed by atoms with Gasteiger partial charge in [0.1, 0.15) is 4.90 Å². The summed E-state index contributed by atoms with van der Waals surface area (Å²) in [5.74, 6) is 0.346. The van der Waals surface area contributed by atoms with Crippen LogP contribution in [0.25, 0.3) is 11.3 Å². The third kappa shape index (κ3) is 5.78. The van der Waals surface area contributed by atoms with Gasteiger partial charge in [-0.05, 0) is 50.1 Å². The fourth-order valence-corrected chi connectivity index (χ4v) is 6.30. The second-order valence-corrected chi connectivity index (χ2v) is 11.2. The van der Waals surface area contributed by atoms with Gasteiger partial charge < -0.3 is 5.73 Å². The lowest BCUT2D eigenvalue weighted by Gasteiger charge is -2.12. The number of nitrogens with zero attached hydrogens (tertiary/aromatic N) is 3. The van der Waals surface area contributed by atoms with Gasteiger partial charge in [-0.15, -0.1) is 16.2 Å². The Morgan fingerprint density at radius 3 is 2.49 bits per heavy atom. The molecule has 2 N–H and O–H groups in total. The minimum atomic E-state index is -4.16. The first-order valence-corrected chi connectivity index (χ1v) is 13.7. The fraction of sp³-hybridized carbons (Fsp3) is 0.154. The lowest BCUT2D eigenvalue weighted by atomic mass is 10.1. The molecule has 180 valence electrons. The molecule has 0 spiro atoms. The van der Waals surface area contributed by atoms with Gasteiger partial charge in [-0.3, -0.25) is 0 Å². The van der Waals surface area contributed by atoms with Crippen LogP contribution in [0.2, 0.25) is 5.02 Å². The first-order valence-electron chi connectivity index (χ1n) is 10.9. The minimum Gasteiger partial charge on any atom is -0.367 e. The number of halogens is 1. The first kappa shape index (κ1) is 25.0. The van der Waals surface area contributed by atoms with Gasteiger partial charge in [-0.2, -0.15) is 18.2 Å². The Bertz CT molecular complexity index is 1510. The molecule has 0 amide bonds. The zero-order chi connectivity index (χ0) is 25.2. The highest BCUT2D eigenvalue weighted by atomic mass is 35.5. The van der Waals surface area contributed by atoms with Crippen LogP contribution in [0.4, 0.5) is 0 Å². The average Bonchev–Trinajstić information content (AvgIpc) is 3.22. The molecule has 0 radical (unpaired) electrons. The van der Waals surface area contributed by atoms with E-state index in [0.717, 1.165) is 16.7 Å². The summed E-state index contributed by atoms with van der Waals surface area (Å²) in [6.45, 7) is 5.59. The van der Waals surface area contributed by atoms with E-state index in [1.165, 1.54) is 16.4 Å². The molecule has 0 aliphatic carbocycles. The van der Waals surface area contributed by atoms with Crippen molar-refractivity contribution >= 4 is 39.3 Å². The van der Waals surface area contributed by atoms with Gasteiger partial charge in [0, 0.05) is 21.2 Å². The topological polar surface area (TPSA) is 90.3 Å². The van der Waals surface area contributed by atoms with Crippen molar-refractivity contribution in [2.24, 2.45) is 10.1 Å². The first-order chi connectivity index (χ1) is 16.6. The van der Waals surface area contributed by atoms with Crippen molar-refractivity contribution in [1.29, 1.82) is 0 Å². The lowest BCUT2D eigenvalue weighted by Crippen LogP contribution is -2.26. The molecule has 1 heterocycles. The molecule has 0 bridgehead atoms. The third-order valence-corrected chi connectivity index (χ3v) is 8.30. The Morgan fingerprint density at radius 2 is 1.77 bits per heavy atom. The van der Waals surface area contributed by atoms with Crippen molar-refractivity contribution in [3.63, 3.8) is 0 Å². The molecule has 0 aliphatic rings. The van der Waals surface area contributed by atoms with Crippen LogP contribution in [0.5, 0.6) is 0 Å². The number of aryl methyl sites for hydroxylation is 3. The zero-order valence-corrected chi connectivity index (χ0v) is 22.0. The molecule has 35 heavy (non-hydrogen) atoms. The molecule has 4 aromatic rings. The average molecular weight is 525 g/mol. The maximum absolute atomic E-state index is 13.5. The smallest absolute Gasteiger partial charge is 0.286 e. The quantitative estimate of drug-likeness (QED) is 0.190. The minimum absolute atomic E-state index is 0.0603. The van der Waals surface area contributed by atoms with E-state index in [1.54, 1.807) is 19.1 Å². The number of sulfonamides is 1. The van der Waals surface area contributed by atoms with Crippen molar-refractivity contribution in [3.05, 3.63) is 100 Å². The summed E-state index contributed by atoms with van der Waals surface area (Å²) in [4.78, 5) is 0.573. The summed E-state index contributed by atoms with van der Waals surface area (Å²) in [6.07, 6.45) is 0. The van der Waals surface area contributed by atoms with Gasteiger partial charge in [0.25, 0.3) is 10.0 Å². The standard InChI is InChI=1S/C26H25ClN4O2S2/c1-17-8-7-9-20(12-17)16-34-24-15-22(27)18(2)13-25(24)35(32,33)30-26(28)31-23(14-19(3)29-31)21-10-5-4-6-11-21/h4-15H,16H2,1-3H3,(H2,28,30). The van der Waals surface area contributed by atoms with E-state index in [9.17, 15) is 8.42 Å². The normalized spacial score (nSPS) is 12.2. The van der Waals surface area contributed by atoms with E-state index < -0.39 is 10.0 Å². The summed E-state index contributed by atoms with van der Waals surface area (Å²) >= 11 is 7.74. The fourth-order valence-electron chi connectivity index (χ4n) is 3.61. The van der Waals surface area contributed by atoms with E-state index in [2.05, 4.69) is 15.6 Å². The number of rotatable bonds is 6. The summed E-state index contributed by atoms with van der Waals surface area (Å²) in [5.41, 5.74) is 11.3. The highest BCUT2D eigenvalue weighted by Crippen LogP contribution is 2.35. The van der Waals surface area contributed by atoms with Crippen molar-refractivity contribution < 1.29 is 8.42 Å². The Hall–Kier alpha value is -3.07. The Morgan fingerprint density at radius 1 is 1.03 bits per heavy atom. The van der Waals surface area contributed by atoms with Crippen LogP contribution in [0, 0.1) is 20.8 Å². The second kappa shape index (κ2) is 10.3. The predicted molar refractivity (Wildman–Crippen MR) is 144 cm³/mol. The van der Waals surface area contributed by atoms with Gasteiger partial charge >= 0.3 is 0 Å². The summed E-state index contributed by atoms with van der Waals surface area (Å²) in [6, 6.07) is 22.6. The van der Waals surface area contributed by atoms with Gasteiger partial charge in [0.15, 0.2) is 0 Å². The van der Waals surface area contributed by atoms with Gasteiger partial charge in [0.2, 0.25) is 5.96 Å². The van der Waals surface area contributed by atoms with Crippen LogP contribution >= 0.6 is 23.4 Å². The molecule has 0 atom stereocenters. The molecule has 1 aromatic heterocycles. The molecule has 6 nitrogen and oxygen atoms in total. The summed E-state index contributed by atoms with van der Waals surface area (Å²) < 4.78 is 32.2. The molecule has 3 aromatic carbocycles. The predicted octanol–water partition coefficient (Wildman–Crippen LogP) is 5.97. The highest BCUT2D eigenvalue weighted by Gasteiger charge is 2.22. The largest absolute Gasteiger partial charge is 0.367 e. The van der Waals surface area contributed by atoms with Crippen LogP contribution in [0.15, 0.2) is 87.0 Å². The Labute approximate surface area is 214 Å². The number of aromatic nitrogens is 2. The van der Waals surface area contributed by atoms with Crippen molar-refractivity contribution in [2.75, 3.05) is 0 Å². The molecular formula is C26H25ClN4O2S2. The van der Waals surface area contributed by atoms with Gasteiger partial charge in [0.05, 0.1) is 11.4 Å². The molecule has 0 saturated heterocycles. The van der Waals surface area contributed by atoms with E-state index in [4.69, 9.17) is 17.3 Å². The third-order valence-electron chi connectivity index (χ3n) is 5.31. The zero-order valence-electron chi connectivity index (χ0n) is 19.6. The van der Waals surface area contributed by atoms with E-state index in [1.807, 2.05) is 68.4 Å². The maximum atomic E-state index is 13.5. The monoisotopic (exact) mass is 524 g/mol. The van der Waals surface area contributed by atoms with Crippen LogP contribution in [-0.4, -0.2) is 24.2 Å². The number of benzene rings is 3. The van der Waals surface area contributed by atoms with Crippen LogP contribution in [-0.2, 0) is 15.8 Å². The molecule has 4 rings (SSSR count). The maximum Gasteiger partial charge on any atom is 0.286 e. The molecule has 0 unspecified atom stereocenters. The van der Waals surface area contributed by atoms with Crippen molar-refractivity contribution in [3.8, 4) is 11.3 Å². The lowest BCUT2D eigenvalue weighted by molar-refractivity contribution is 0.595. The van der Waals surface area contributed by atoms with E-state index >= 15 is 0 Å². The van der Waals surface area contributed by atoms with Crippen LogP contribution in [0.1, 0.15) is 22.4 Å². The number of thioether (sulfide) groups is 1. The molecule has 0 aliphatic heterocycles. The number of nitrogens with two attached hydrogens (primary N) is 1. The van der Waals surface area contributed by atoms with Crippen molar-refractivity contribution in [1.82, 2.24) is 9.78 Å². The molecular weight excluding hydrogens is 500 g/mol. The van der Waals surface area contributed by atoms with E-state index in [-0.39, 0.29) is 10.9 Å². The van der Waals surface area contributed by atoms with Gasteiger partial charge in [-0.1, -0.05) is 71.8 Å². The SMILES string of the molecule is Cc1cccc(CSc2cc(Cl)c(C)cc2S(=O)(=O)N=C(N)n2nc(C)cc2-c2ccccc2)c1. The van der Waals surface area contributed by atoms with E-state index in [0.29, 0.717) is 32.6 Å². The summed E-state index contributed by atoms with van der Waals surface area (Å²) in [7, 11) is -4.16.